The predicted octanol–water partition coefficient (Wildman–Crippen LogP) is 0.996. The van der Waals surface area contributed by atoms with E-state index in [4.69, 9.17) is 4.74 Å². The van der Waals surface area contributed by atoms with Gasteiger partial charge in [0, 0.05) is 38.3 Å². The van der Waals surface area contributed by atoms with E-state index in [1.807, 2.05) is 4.90 Å². The van der Waals surface area contributed by atoms with Crippen LogP contribution in [-0.2, 0) is 0 Å². The van der Waals surface area contributed by atoms with Crippen LogP contribution in [0.1, 0.15) is 0 Å². The van der Waals surface area contributed by atoms with Crippen LogP contribution in [0, 0.1) is 22.0 Å². The molecule has 0 radical (unpaired) electrons. The summed E-state index contributed by atoms with van der Waals surface area (Å²) in [5.41, 5.74) is 0.0547. The van der Waals surface area contributed by atoms with E-state index in [0.29, 0.717) is 23.5 Å². The van der Waals surface area contributed by atoms with Crippen LogP contribution in [0.3, 0.4) is 0 Å². The van der Waals surface area contributed by atoms with E-state index in [2.05, 4.69) is 16.9 Å². The highest BCUT2D eigenvalue weighted by Crippen LogP contribution is 2.36. The average molecular weight is 278 g/mol. The molecular weight excluding hydrogens is 260 g/mol. The monoisotopic (exact) mass is 278 g/mol. The number of fused-ring (bicyclic) bond motifs is 1. The fourth-order valence-corrected chi connectivity index (χ4v) is 3.31. The minimum Gasteiger partial charge on any atom is -0.481 e. The Morgan fingerprint density at radius 1 is 1.30 bits per heavy atom. The molecule has 7 heteroatoms. The summed E-state index contributed by atoms with van der Waals surface area (Å²) in [6, 6.07) is 3.01. The van der Waals surface area contributed by atoms with Gasteiger partial charge in [0.05, 0.1) is 12.0 Å². The Morgan fingerprint density at radius 2 is 1.95 bits per heavy atom. The molecule has 0 N–H and O–H groups in total. The zero-order valence-corrected chi connectivity index (χ0v) is 11.7. The van der Waals surface area contributed by atoms with Gasteiger partial charge in [-0.05, 0) is 18.9 Å². The lowest BCUT2D eigenvalue weighted by atomic mass is 10.0. The van der Waals surface area contributed by atoms with E-state index in [9.17, 15) is 10.1 Å². The number of ether oxygens (including phenoxy) is 1. The number of pyridine rings is 1. The van der Waals surface area contributed by atoms with Gasteiger partial charge < -0.3 is 14.5 Å². The summed E-state index contributed by atoms with van der Waals surface area (Å²) in [4.78, 5) is 19.4. The Balaban J connectivity index is 1.88. The van der Waals surface area contributed by atoms with Crippen molar-refractivity contribution in [3.63, 3.8) is 0 Å². The maximum absolute atomic E-state index is 11.2. The molecule has 3 heterocycles. The summed E-state index contributed by atoms with van der Waals surface area (Å²) in [6.45, 7) is 3.77. The second-order valence-corrected chi connectivity index (χ2v) is 5.60. The molecule has 0 saturated carbocycles. The zero-order chi connectivity index (χ0) is 14.3. The van der Waals surface area contributed by atoms with Gasteiger partial charge in [-0.25, -0.2) is 0 Å². The SMILES string of the molecule is COc1ccc([N+](=O)[O-])c(N2C[C@H]3CN(C)C[C@H]3C2)n1. The lowest BCUT2D eigenvalue weighted by Crippen LogP contribution is -2.27. The Bertz CT molecular complexity index is 522. The molecule has 0 aliphatic carbocycles. The van der Waals surface area contributed by atoms with Crippen molar-refractivity contribution in [1.29, 1.82) is 0 Å². The summed E-state index contributed by atoms with van der Waals surface area (Å²) >= 11 is 0. The summed E-state index contributed by atoms with van der Waals surface area (Å²) in [5, 5.41) is 11.2. The molecule has 2 aliphatic rings. The minimum atomic E-state index is -0.373. The molecular formula is C13H18N4O3. The van der Waals surface area contributed by atoms with Gasteiger partial charge in [0.15, 0.2) is 0 Å². The van der Waals surface area contributed by atoms with Crippen molar-refractivity contribution >= 4 is 11.5 Å². The molecule has 2 fully saturated rings. The Hall–Kier alpha value is -1.89. The van der Waals surface area contributed by atoms with Crippen molar-refractivity contribution < 1.29 is 9.66 Å². The first kappa shape index (κ1) is 13.1. The van der Waals surface area contributed by atoms with Gasteiger partial charge in [-0.15, -0.1) is 0 Å². The molecule has 2 aliphatic heterocycles. The van der Waals surface area contributed by atoms with Crippen LogP contribution in [0.25, 0.3) is 0 Å². The summed E-state index contributed by atoms with van der Waals surface area (Å²) in [6.07, 6.45) is 0. The topological polar surface area (TPSA) is 71.7 Å². The van der Waals surface area contributed by atoms with Crippen molar-refractivity contribution in [2.75, 3.05) is 45.2 Å². The van der Waals surface area contributed by atoms with Crippen LogP contribution < -0.4 is 9.64 Å². The number of rotatable bonds is 3. The second kappa shape index (κ2) is 4.90. The van der Waals surface area contributed by atoms with Gasteiger partial charge in [0.1, 0.15) is 0 Å². The number of anilines is 1. The summed E-state index contributed by atoms with van der Waals surface area (Å²) < 4.78 is 5.09. The third kappa shape index (κ3) is 2.18. The van der Waals surface area contributed by atoms with Crippen molar-refractivity contribution in [2.24, 2.45) is 11.8 Å². The highest BCUT2D eigenvalue weighted by atomic mass is 16.6. The Morgan fingerprint density at radius 3 is 2.50 bits per heavy atom. The molecule has 0 bridgehead atoms. The predicted molar refractivity (Wildman–Crippen MR) is 74.1 cm³/mol. The first-order chi connectivity index (χ1) is 9.58. The van der Waals surface area contributed by atoms with E-state index in [1.54, 1.807) is 0 Å². The van der Waals surface area contributed by atoms with E-state index >= 15 is 0 Å². The number of methoxy groups -OCH3 is 1. The van der Waals surface area contributed by atoms with Crippen molar-refractivity contribution in [3.05, 3.63) is 22.2 Å². The molecule has 0 amide bonds. The van der Waals surface area contributed by atoms with Crippen LogP contribution in [-0.4, -0.2) is 55.1 Å². The van der Waals surface area contributed by atoms with Gasteiger partial charge in [0.25, 0.3) is 0 Å². The average Bonchev–Trinajstić information content (AvgIpc) is 2.94. The van der Waals surface area contributed by atoms with Gasteiger partial charge in [-0.2, -0.15) is 4.98 Å². The van der Waals surface area contributed by atoms with Crippen LogP contribution in [0.15, 0.2) is 12.1 Å². The molecule has 0 unspecified atom stereocenters. The van der Waals surface area contributed by atoms with E-state index in [1.165, 1.54) is 19.2 Å². The maximum Gasteiger partial charge on any atom is 0.311 e. The molecule has 3 rings (SSSR count). The van der Waals surface area contributed by atoms with Crippen molar-refractivity contribution in [2.45, 2.75) is 0 Å². The fraction of sp³-hybridized carbons (Fsp3) is 0.615. The number of hydrogen-bond acceptors (Lipinski definition) is 6. The third-order valence-corrected chi connectivity index (χ3v) is 4.20. The van der Waals surface area contributed by atoms with Gasteiger partial charge in [0.2, 0.25) is 11.7 Å². The fourth-order valence-electron chi connectivity index (χ4n) is 3.31. The lowest BCUT2D eigenvalue weighted by molar-refractivity contribution is -0.384. The standard InChI is InChI=1S/C13H18N4O3/c1-15-5-9-7-16(8-10(9)6-15)13-11(17(18)19)3-4-12(14-13)20-2/h3-4,9-10H,5-8H2,1-2H3/t9-,10+. The number of nitro groups is 1. The molecule has 7 nitrogen and oxygen atoms in total. The Kier molecular flexibility index (Phi) is 3.21. The third-order valence-electron chi connectivity index (χ3n) is 4.20. The van der Waals surface area contributed by atoms with Gasteiger partial charge >= 0.3 is 5.69 Å². The number of likely N-dealkylation sites (tertiary alicyclic amines) is 1. The molecule has 1 aromatic heterocycles. The highest BCUT2D eigenvalue weighted by molar-refractivity contribution is 5.59. The molecule has 2 saturated heterocycles. The summed E-state index contributed by atoms with van der Waals surface area (Å²) in [5.74, 6) is 2.01. The quantitative estimate of drug-likeness (QED) is 0.606. The van der Waals surface area contributed by atoms with E-state index < -0.39 is 0 Å². The normalized spacial score (nSPS) is 25.8. The molecule has 1 aromatic rings. The van der Waals surface area contributed by atoms with E-state index in [-0.39, 0.29) is 10.6 Å². The van der Waals surface area contributed by atoms with Crippen LogP contribution in [0.5, 0.6) is 5.88 Å². The Labute approximate surface area is 117 Å². The molecule has 2 atom stereocenters. The van der Waals surface area contributed by atoms with Crippen molar-refractivity contribution in [1.82, 2.24) is 9.88 Å². The first-order valence-corrected chi connectivity index (χ1v) is 6.71. The number of hydrogen-bond donors (Lipinski definition) is 0. The molecule has 0 aromatic carbocycles. The van der Waals surface area contributed by atoms with Crippen LogP contribution >= 0.6 is 0 Å². The molecule has 108 valence electrons. The van der Waals surface area contributed by atoms with Crippen molar-refractivity contribution in [3.8, 4) is 5.88 Å². The van der Waals surface area contributed by atoms with Crippen LogP contribution in [0.4, 0.5) is 11.5 Å². The zero-order valence-electron chi connectivity index (χ0n) is 11.7. The lowest BCUT2D eigenvalue weighted by Gasteiger charge is -2.20. The van der Waals surface area contributed by atoms with Crippen LogP contribution in [0.2, 0.25) is 0 Å². The van der Waals surface area contributed by atoms with Gasteiger partial charge in [-0.3, -0.25) is 10.1 Å². The molecule has 0 spiro atoms. The maximum atomic E-state index is 11.2. The second-order valence-electron chi connectivity index (χ2n) is 5.60. The first-order valence-electron chi connectivity index (χ1n) is 6.71. The highest BCUT2D eigenvalue weighted by Gasteiger charge is 2.40. The summed E-state index contributed by atoms with van der Waals surface area (Å²) in [7, 11) is 3.64. The number of nitrogens with zero attached hydrogens (tertiary/aromatic N) is 4. The van der Waals surface area contributed by atoms with E-state index in [0.717, 1.165) is 26.2 Å². The smallest absolute Gasteiger partial charge is 0.311 e. The largest absolute Gasteiger partial charge is 0.481 e. The molecule has 20 heavy (non-hydrogen) atoms. The number of aromatic nitrogens is 1. The minimum absolute atomic E-state index is 0.0547. The van der Waals surface area contributed by atoms with Gasteiger partial charge in [-0.1, -0.05) is 0 Å².